The fraction of sp³-hybridized carbons (Fsp3) is 0.286. The summed E-state index contributed by atoms with van der Waals surface area (Å²) in [5.74, 6) is -0.0999. The van der Waals surface area contributed by atoms with Crippen molar-refractivity contribution >= 4 is 46.6 Å². The van der Waals surface area contributed by atoms with Crippen LogP contribution in [0.25, 0.3) is 22.3 Å². The number of hydrogen-bond acceptors (Lipinski definition) is 8. The van der Waals surface area contributed by atoms with Crippen LogP contribution in [-0.2, 0) is 9.59 Å². The van der Waals surface area contributed by atoms with Gasteiger partial charge >= 0.3 is 0 Å². The third kappa shape index (κ3) is 3.99. The number of fused-ring (bicyclic) bond motifs is 1. The average Bonchev–Trinajstić information content (AvgIpc) is 3.16. The lowest BCUT2D eigenvalue weighted by Crippen LogP contribution is -2.28. The van der Waals surface area contributed by atoms with E-state index in [1.54, 1.807) is 22.9 Å². The molecular formula is C21H21N7O3S. The molecule has 32 heavy (non-hydrogen) atoms. The Hall–Kier alpha value is -3.57. The number of thiophene rings is 1. The lowest BCUT2D eigenvalue weighted by molar-refractivity contribution is -0.124. The zero-order chi connectivity index (χ0) is 22.2. The molecule has 0 radical (unpaired) electrons. The van der Waals surface area contributed by atoms with Gasteiger partial charge in [-0.05, 0) is 31.1 Å². The molecule has 3 aromatic rings. The fourth-order valence-corrected chi connectivity index (χ4v) is 4.31. The third-order valence-electron chi connectivity index (χ3n) is 5.17. The highest BCUT2D eigenvalue weighted by molar-refractivity contribution is 7.17. The van der Waals surface area contributed by atoms with Gasteiger partial charge in [0.05, 0.1) is 28.1 Å². The quantitative estimate of drug-likeness (QED) is 0.312. The smallest absolute Gasteiger partial charge is 0.261 e. The molecule has 3 amide bonds. The highest BCUT2D eigenvalue weighted by atomic mass is 32.1. The van der Waals surface area contributed by atoms with E-state index in [0.29, 0.717) is 46.5 Å². The van der Waals surface area contributed by atoms with Crippen molar-refractivity contribution in [2.45, 2.75) is 25.3 Å². The van der Waals surface area contributed by atoms with E-state index in [2.05, 4.69) is 21.0 Å². The second kappa shape index (κ2) is 8.17. The summed E-state index contributed by atoms with van der Waals surface area (Å²) in [7, 11) is 0. The number of aromatic nitrogens is 3. The second-order valence-corrected chi connectivity index (χ2v) is 8.80. The van der Waals surface area contributed by atoms with Crippen LogP contribution in [-0.4, -0.2) is 51.5 Å². The minimum absolute atomic E-state index is 0.0369. The number of hydrogen-bond donors (Lipinski definition) is 4. The van der Waals surface area contributed by atoms with Gasteiger partial charge in [-0.3, -0.25) is 19.7 Å². The van der Waals surface area contributed by atoms with Crippen LogP contribution in [0.1, 0.15) is 34.5 Å². The van der Waals surface area contributed by atoms with Crippen LogP contribution in [0, 0.1) is 0 Å². The molecule has 0 unspecified atom stereocenters. The molecule has 1 saturated heterocycles. The van der Waals surface area contributed by atoms with Crippen molar-refractivity contribution in [2.75, 3.05) is 18.4 Å². The third-order valence-corrected chi connectivity index (χ3v) is 6.27. The predicted molar refractivity (Wildman–Crippen MR) is 120 cm³/mol. The summed E-state index contributed by atoms with van der Waals surface area (Å²) in [6.07, 6.45) is 5.50. The molecule has 164 valence electrons. The van der Waals surface area contributed by atoms with Crippen LogP contribution in [0.5, 0.6) is 0 Å². The maximum Gasteiger partial charge on any atom is 0.261 e. The molecule has 11 heteroatoms. The van der Waals surface area contributed by atoms with Gasteiger partial charge in [-0.2, -0.15) is 9.61 Å². The number of carbonyl (C=O) groups excluding carboxylic acids is 3. The number of rotatable bonds is 7. The monoisotopic (exact) mass is 451 g/mol. The van der Waals surface area contributed by atoms with Crippen LogP contribution in [0.15, 0.2) is 30.0 Å². The molecule has 10 nitrogen and oxygen atoms in total. The summed E-state index contributed by atoms with van der Waals surface area (Å²) in [6.45, 7) is 0.789. The molecule has 0 aromatic carbocycles. The molecule has 4 heterocycles. The Morgan fingerprint density at radius 3 is 2.91 bits per heavy atom. The Bertz CT molecular complexity index is 1270. The Morgan fingerprint density at radius 1 is 1.34 bits per heavy atom. The first-order chi connectivity index (χ1) is 15.5. The van der Waals surface area contributed by atoms with Gasteiger partial charge in [0.15, 0.2) is 5.65 Å². The van der Waals surface area contributed by atoms with Crippen LogP contribution < -0.4 is 21.7 Å². The summed E-state index contributed by atoms with van der Waals surface area (Å²) >= 11 is 1.34. The molecule has 0 bridgehead atoms. The van der Waals surface area contributed by atoms with E-state index >= 15 is 0 Å². The van der Waals surface area contributed by atoms with E-state index in [1.807, 2.05) is 12.1 Å². The van der Waals surface area contributed by atoms with Crippen molar-refractivity contribution in [2.24, 2.45) is 5.73 Å². The minimum Gasteiger partial charge on any atom is -0.367 e. The zero-order valence-electron chi connectivity index (χ0n) is 17.1. The topological polar surface area (TPSA) is 144 Å². The molecule has 3 aromatic heterocycles. The van der Waals surface area contributed by atoms with Gasteiger partial charge in [0.2, 0.25) is 5.91 Å². The molecule has 2 fully saturated rings. The summed E-state index contributed by atoms with van der Waals surface area (Å²) in [4.78, 5) is 42.0. The number of nitrogens with two attached hydrogens (primary N) is 1. The first kappa shape index (κ1) is 20.3. The van der Waals surface area contributed by atoms with Crippen LogP contribution in [0.4, 0.5) is 5.82 Å². The summed E-state index contributed by atoms with van der Waals surface area (Å²) < 4.78 is 1.70. The largest absolute Gasteiger partial charge is 0.367 e. The number of imide groups is 1. The SMILES string of the molecule is NCCNC(=O)c1ccc(-c2cc(NC3CC3)n3ncc(/C=C4\CC(=O)NC4=O)c3n2)s1. The maximum absolute atomic E-state index is 12.3. The lowest BCUT2D eigenvalue weighted by Gasteiger charge is -2.09. The van der Waals surface area contributed by atoms with Gasteiger partial charge in [0.25, 0.3) is 11.8 Å². The van der Waals surface area contributed by atoms with E-state index in [9.17, 15) is 14.4 Å². The molecule has 5 N–H and O–H groups in total. The molecule has 1 aliphatic heterocycles. The van der Waals surface area contributed by atoms with Gasteiger partial charge in [-0.25, -0.2) is 4.98 Å². The summed E-state index contributed by atoms with van der Waals surface area (Å²) in [5.41, 5.74) is 7.73. The van der Waals surface area contributed by atoms with Gasteiger partial charge in [0, 0.05) is 36.3 Å². The van der Waals surface area contributed by atoms with Gasteiger partial charge in [-0.1, -0.05) is 0 Å². The van der Waals surface area contributed by atoms with Gasteiger partial charge < -0.3 is 16.4 Å². The van der Waals surface area contributed by atoms with Gasteiger partial charge in [-0.15, -0.1) is 11.3 Å². The van der Waals surface area contributed by atoms with Crippen LogP contribution >= 0.6 is 11.3 Å². The maximum atomic E-state index is 12.3. The second-order valence-electron chi connectivity index (χ2n) is 7.71. The first-order valence-electron chi connectivity index (χ1n) is 10.3. The number of amides is 3. The van der Waals surface area contributed by atoms with Crippen LogP contribution in [0.2, 0.25) is 0 Å². The summed E-state index contributed by atoms with van der Waals surface area (Å²) in [5, 5.41) is 13.0. The van der Waals surface area contributed by atoms with Crippen LogP contribution in [0.3, 0.4) is 0 Å². The highest BCUT2D eigenvalue weighted by Gasteiger charge is 2.26. The molecule has 1 saturated carbocycles. The average molecular weight is 452 g/mol. The fourth-order valence-electron chi connectivity index (χ4n) is 3.43. The number of nitrogens with one attached hydrogen (secondary N) is 3. The molecule has 2 aliphatic rings. The number of carbonyl (C=O) groups is 3. The Balaban J connectivity index is 1.55. The van der Waals surface area contributed by atoms with Gasteiger partial charge in [0.1, 0.15) is 5.82 Å². The van der Waals surface area contributed by atoms with Crippen molar-refractivity contribution in [3.05, 3.63) is 40.4 Å². The molecule has 0 atom stereocenters. The Morgan fingerprint density at radius 2 is 2.19 bits per heavy atom. The van der Waals surface area contributed by atoms with E-state index in [4.69, 9.17) is 10.7 Å². The lowest BCUT2D eigenvalue weighted by atomic mass is 10.1. The Labute approximate surface area is 186 Å². The van der Waals surface area contributed by atoms with Crippen molar-refractivity contribution < 1.29 is 14.4 Å². The van der Waals surface area contributed by atoms with E-state index < -0.39 is 5.91 Å². The standard InChI is InChI=1S/C21H21N7O3S/c22-5-6-23-21(31)16-4-3-15(32-16)14-9-17(25-13-1-2-13)28-19(26-14)12(10-24-28)7-11-8-18(29)27-20(11)30/h3-4,7,9-10,13,25H,1-2,5-6,8,22H2,(H,23,31)(H,27,29,30)/b11-7+. The predicted octanol–water partition coefficient (Wildman–Crippen LogP) is 1.15. The van der Waals surface area contributed by atoms with Crippen molar-refractivity contribution in [1.82, 2.24) is 25.2 Å². The Kier molecular flexibility index (Phi) is 5.19. The van der Waals surface area contributed by atoms with E-state index in [1.165, 1.54) is 11.3 Å². The van der Waals surface area contributed by atoms with Crippen molar-refractivity contribution in [1.29, 1.82) is 0 Å². The van der Waals surface area contributed by atoms with E-state index in [0.717, 1.165) is 23.5 Å². The number of nitrogens with zero attached hydrogens (tertiary/aromatic N) is 3. The molecule has 0 spiro atoms. The molecule has 5 rings (SSSR count). The first-order valence-corrected chi connectivity index (χ1v) is 11.1. The van der Waals surface area contributed by atoms with E-state index in [-0.39, 0.29) is 18.2 Å². The molecule has 1 aliphatic carbocycles. The minimum atomic E-state index is -0.395. The normalized spacial score (nSPS) is 17.2. The highest BCUT2D eigenvalue weighted by Crippen LogP contribution is 2.32. The number of anilines is 1. The van der Waals surface area contributed by atoms with Crippen molar-refractivity contribution in [3.63, 3.8) is 0 Å². The molecular weight excluding hydrogens is 430 g/mol. The van der Waals surface area contributed by atoms with Crippen molar-refractivity contribution in [3.8, 4) is 10.6 Å². The summed E-state index contributed by atoms with van der Waals surface area (Å²) in [6, 6.07) is 5.92. The zero-order valence-corrected chi connectivity index (χ0v) is 17.9.